The summed E-state index contributed by atoms with van der Waals surface area (Å²) in [5.41, 5.74) is 6.65. The van der Waals surface area contributed by atoms with Gasteiger partial charge in [-0.3, -0.25) is 4.98 Å². The van der Waals surface area contributed by atoms with Gasteiger partial charge in [-0.2, -0.15) is 0 Å². The Bertz CT molecular complexity index is 243. The fourth-order valence-corrected chi connectivity index (χ4v) is 1.35. The Morgan fingerprint density at radius 2 is 1.83 bits per heavy atom. The summed E-state index contributed by atoms with van der Waals surface area (Å²) in [5.74, 6) is 1.03. The van der Waals surface area contributed by atoms with Crippen LogP contribution in [0.1, 0.15) is 38.3 Å². The number of anilines is 1. The van der Waals surface area contributed by atoms with Crippen molar-refractivity contribution < 1.29 is 0 Å². The highest BCUT2D eigenvalue weighted by atomic mass is 14.9. The predicted octanol–water partition coefficient (Wildman–Crippen LogP) is 1.96. The first kappa shape index (κ1) is 8.97. The summed E-state index contributed by atoms with van der Waals surface area (Å²) in [5, 5.41) is 0. The minimum atomic E-state index is 0.457. The Morgan fingerprint density at radius 3 is 2.33 bits per heavy atom. The van der Waals surface area contributed by atoms with Gasteiger partial charge in [0.1, 0.15) is 5.82 Å². The van der Waals surface area contributed by atoms with E-state index in [0.717, 1.165) is 18.5 Å². The second-order valence-corrected chi connectivity index (χ2v) is 2.84. The van der Waals surface area contributed by atoms with Gasteiger partial charge in [0.25, 0.3) is 0 Å². The average Bonchev–Trinajstić information content (AvgIpc) is 2.10. The van der Waals surface area contributed by atoms with E-state index in [1.165, 1.54) is 0 Å². The summed E-state index contributed by atoms with van der Waals surface area (Å²) in [6.45, 7) is 4.28. The van der Waals surface area contributed by atoms with Crippen LogP contribution in [-0.4, -0.2) is 9.97 Å². The van der Waals surface area contributed by atoms with Crippen molar-refractivity contribution in [2.75, 3.05) is 5.73 Å². The molecule has 0 amide bonds. The summed E-state index contributed by atoms with van der Waals surface area (Å²) in [4.78, 5) is 8.24. The highest BCUT2D eigenvalue weighted by molar-refractivity contribution is 5.35. The lowest BCUT2D eigenvalue weighted by atomic mass is 9.99. The third kappa shape index (κ3) is 1.72. The highest BCUT2D eigenvalue weighted by Crippen LogP contribution is 2.23. The summed E-state index contributed by atoms with van der Waals surface area (Å²) in [6.07, 6.45) is 5.46. The molecule has 0 unspecified atom stereocenters. The van der Waals surface area contributed by atoms with Crippen molar-refractivity contribution in [3.63, 3.8) is 0 Å². The van der Waals surface area contributed by atoms with Crippen LogP contribution in [-0.2, 0) is 0 Å². The van der Waals surface area contributed by atoms with Crippen LogP contribution in [0.2, 0.25) is 0 Å². The Hall–Kier alpha value is -1.12. The van der Waals surface area contributed by atoms with Crippen LogP contribution in [0, 0.1) is 0 Å². The van der Waals surface area contributed by atoms with Crippen LogP contribution in [0.15, 0.2) is 12.4 Å². The summed E-state index contributed by atoms with van der Waals surface area (Å²) < 4.78 is 0. The summed E-state index contributed by atoms with van der Waals surface area (Å²) in [7, 11) is 0. The van der Waals surface area contributed by atoms with Crippen molar-refractivity contribution in [3.8, 4) is 0 Å². The van der Waals surface area contributed by atoms with Gasteiger partial charge >= 0.3 is 0 Å². The summed E-state index contributed by atoms with van der Waals surface area (Å²) >= 11 is 0. The van der Waals surface area contributed by atoms with E-state index in [-0.39, 0.29) is 0 Å². The molecule has 0 aliphatic heterocycles. The Morgan fingerprint density at radius 1 is 1.25 bits per heavy atom. The fraction of sp³-hybridized carbons (Fsp3) is 0.556. The third-order valence-electron chi connectivity index (χ3n) is 2.13. The van der Waals surface area contributed by atoms with Crippen molar-refractivity contribution in [2.45, 2.75) is 32.6 Å². The van der Waals surface area contributed by atoms with Crippen LogP contribution in [0.5, 0.6) is 0 Å². The predicted molar refractivity (Wildman–Crippen MR) is 49.8 cm³/mol. The highest BCUT2D eigenvalue weighted by Gasteiger charge is 2.11. The molecule has 0 aliphatic rings. The monoisotopic (exact) mass is 165 g/mol. The molecular weight excluding hydrogens is 150 g/mol. The van der Waals surface area contributed by atoms with Gasteiger partial charge in [-0.05, 0) is 12.8 Å². The number of nitrogens with two attached hydrogens (primary N) is 1. The van der Waals surface area contributed by atoms with Crippen molar-refractivity contribution in [3.05, 3.63) is 18.1 Å². The molecule has 0 fully saturated rings. The molecule has 0 saturated carbocycles. The van der Waals surface area contributed by atoms with Crippen LogP contribution < -0.4 is 5.73 Å². The number of aromatic nitrogens is 2. The number of rotatable bonds is 3. The molecule has 0 bridgehead atoms. The number of hydrogen-bond acceptors (Lipinski definition) is 3. The van der Waals surface area contributed by atoms with Crippen molar-refractivity contribution >= 4 is 5.82 Å². The fourth-order valence-electron chi connectivity index (χ4n) is 1.35. The van der Waals surface area contributed by atoms with Crippen LogP contribution >= 0.6 is 0 Å². The maximum Gasteiger partial charge on any atom is 0.145 e. The first-order chi connectivity index (χ1) is 5.79. The van der Waals surface area contributed by atoms with E-state index in [9.17, 15) is 0 Å². The largest absolute Gasteiger partial charge is 0.382 e. The molecule has 0 radical (unpaired) electrons. The number of hydrogen-bond donors (Lipinski definition) is 1. The lowest BCUT2D eigenvalue weighted by molar-refractivity contribution is 0.623. The van der Waals surface area contributed by atoms with E-state index >= 15 is 0 Å². The molecule has 1 heterocycles. The van der Waals surface area contributed by atoms with E-state index in [2.05, 4.69) is 23.8 Å². The summed E-state index contributed by atoms with van der Waals surface area (Å²) in [6, 6.07) is 0. The maximum atomic E-state index is 5.70. The molecule has 3 heteroatoms. The van der Waals surface area contributed by atoms with E-state index < -0.39 is 0 Å². The van der Waals surface area contributed by atoms with Gasteiger partial charge in [-0.15, -0.1) is 0 Å². The molecule has 0 saturated heterocycles. The van der Waals surface area contributed by atoms with E-state index in [0.29, 0.717) is 11.7 Å². The maximum absolute atomic E-state index is 5.70. The Kier molecular flexibility index (Phi) is 3.02. The van der Waals surface area contributed by atoms with Gasteiger partial charge < -0.3 is 5.73 Å². The third-order valence-corrected chi connectivity index (χ3v) is 2.13. The van der Waals surface area contributed by atoms with Gasteiger partial charge in [-0.25, -0.2) is 4.98 Å². The average molecular weight is 165 g/mol. The minimum Gasteiger partial charge on any atom is -0.382 e. The molecule has 0 aromatic carbocycles. The van der Waals surface area contributed by atoms with Gasteiger partial charge in [0.15, 0.2) is 0 Å². The smallest absolute Gasteiger partial charge is 0.145 e. The minimum absolute atomic E-state index is 0.457. The molecule has 3 nitrogen and oxygen atoms in total. The van der Waals surface area contributed by atoms with E-state index in [1.807, 2.05) is 0 Å². The molecule has 1 aromatic rings. The molecular formula is C9H15N3. The van der Waals surface area contributed by atoms with Gasteiger partial charge in [-0.1, -0.05) is 13.8 Å². The lowest BCUT2D eigenvalue weighted by Crippen LogP contribution is -2.05. The molecule has 1 rings (SSSR count). The molecule has 1 aromatic heterocycles. The molecule has 12 heavy (non-hydrogen) atoms. The number of nitrogen functional groups attached to an aromatic ring is 1. The lowest BCUT2D eigenvalue weighted by Gasteiger charge is -2.12. The topological polar surface area (TPSA) is 51.8 Å². The van der Waals surface area contributed by atoms with Crippen LogP contribution in [0.25, 0.3) is 0 Å². The molecule has 0 aliphatic carbocycles. The van der Waals surface area contributed by atoms with Gasteiger partial charge in [0, 0.05) is 18.3 Å². The first-order valence-corrected chi connectivity index (χ1v) is 4.36. The SMILES string of the molecule is CCC(CC)c1nccnc1N. The van der Waals surface area contributed by atoms with Gasteiger partial charge in [0.2, 0.25) is 0 Å². The Balaban J connectivity index is 2.92. The van der Waals surface area contributed by atoms with Crippen molar-refractivity contribution in [1.82, 2.24) is 9.97 Å². The zero-order chi connectivity index (χ0) is 8.97. The molecule has 0 spiro atoms. The zero-order valence-electron chi connectivity index (χ0n) is 7.62. The van der Waals surface area contributed by atoms with Crippen LogP contribution in [0.4, 0.5) is 5.82 Å². The van der Waals surface area contributed by atoms with Crippen LogP contribution in [0.3, 0.4) is 0 Å². The van der Waals surface area contributed by atoms with Crippen molar-refractivity contribution in [2.24, 2.45) is 0 Å². The standard InChI is InChI=1S/C9H15N3/c1-3-7(4-2)8-9(10)12-6-5-11-8/h5-7H,3-4H2,1-2H3,(H2,10,12). The Labute approximate surface area is 73.0 Å². The zero-order valence-corrected chi connectivity index (χ0v) is 7.62. The second-order valence-electron chi connectivity index (χ2n) is 2.84. The molecule has 0 atom stereocenters. The molecule has 66 valence electrons. The first-order valence-electron chi connectivity index (χ1n) is 4.36. The second kappa shape index (κ2) is 4.04. The van der Waals surface area contributed by atoms with E-state index in [4.69, 9.17) is 5.73 Å². The van der Waals surface area contributed by atoms with Crippen molar-refractivity contribution in [1.29, 1.82) is 0 Å². The number of nitrogens with zero attached hydrogens (tertiary/aromatic N) is 2. The normalized spacial score (nSPS) is 10.6. The van der Waals surface area contributed by atoms with Gasteiger partial charge in [0.05, 0.1) is 5.69 Å². The molecule has 2 N–H and O–H groups in total. The quantitative estimate of drug-likeness (QED) is 0.744. The van der Waals surface area contributed by atoms with E-state index in [1.54, 1.807) is 12.4 Å².